The first-order valence-corrected chi connectivity index (χ1v) is 5.56. The predicted molar refractivity (Wildman–Crippen MR) is 61.0 cm³/mol. The fourth-order valence-electron chi connectivity index (χ4n) is 1.97. The van der Waals surface area contributed by atoms with Gasteiger partial charge in [-0.1, -0.05) is 12.1 Å². The van der Waals surface area contributed by atoms with Gasteiger partial charge in [0.2, 0.25) is 0 Å². The second-order valence-corrected chi connectivity index (χ2v) is 4.22. The SMILES string of the molecule is Cn1c(C(F)(F)F)cc(=O)n1-c1ccccc1C(F)(F)F. The van der Waals surface area contributed by atoms with E-state index in [2.05, 4.69) is 0 Å². The van der Waals surface area contributed by atoms with Crippen molar-refractivity contribution in [2.45, 2.75) is 12.4 Å². The van der Waals surface area contributed by atoms with Crippen LogP contribution in [0, 0.1) is 0 Å². The van der Waals surface area contributed by atoms with Gasteiger partial charge in [-0.15, -0.1) is 0 Å². The average molecular weight is 310 g/mol. The summed E-state index contributed by atoms with van der Waals surface area (Å²) in [6.45, 7) is 0. The van der Waals surface area contributed by atoms with Gasteiger partial charge in [-0.2, -0.15) is 26.3 Å². The molecule has 0 amide bonds. The molecular weight excluding hydrogens is 302 g/mol. The summed E-state index contributed by atoms with van der Waals surface area (Å²) in [5.41, 5.74) is -4.37. The molecule has 0 saturated heterocycles. The van der Waals surface area contributed by atoms with Crippen LogP contribution < -0.4 is 5.56 Å². The Morgan fingerprint density at radius 1 is 0.952 bits per heavy atom. The van der Waals surface area contributed by atoms with Crippen molar-refractivity contribution in [3.8, 4) is 5.69 Å². The van der Waals surface area contributed by atoms with Gasteiger partial charge in [0.15, 0.2) is 0 Å². The lowest BCUT2D eigenvalue weighted by molar-refractivity contribution is -0.144. The Kier molecular flexibility index (Phi) is 3.38. The highest BCUT2D eigenvalue weighted by Crippen LogP contribution is 2.34. The maximum Gasteiger partial charge on any atom is 0.433 e. The molecule has 0 aliphatic rings. The van der Waals surface area contributed by atoms with Crippen LogP contribution in [0.15, 0.2) is 35.1 Å². The molecule has 2 aromatic rings. The van der Waals surface area contributed by atoms with Crippen LogP contribution in [0.1, 0.15) is 11.3 Å². The summed E-state index contributed by atoms with van der Waals surface area (Å²) in [6, 6.07) is 4.18. The first-order valence-electron chi connectivity index (χ1n) is 5.56. The lowest BCUT2D eigenvalue weighted by atomic mass is 10.1. The second kappa shape index (κ2) is 4.68. The minimum atomic E-state index is -4.84. The van der Waals surface area contributed by atoms with E-state index in [0.29, 0.717) is 15.4 Å². The lowest BCUT2D eigenvalue weighted by Crippen LogP contribution is -2.24. The Balaban J connectivity index is 2.76. The molecule has 114 valence electrons. The number of rotatable bonds is 1. The number of benzene rings is 1. The second-order valence-electron chi connectivity index (χ2n) is 4.22. The van der Waals surface area contributed by atoms with Crippen LogP contribution in [0.3, 0.4) is 0 Å². The number of para-hydroxylation sites is 1. The third kappa shape index (κ3) is 2.67. The highest BCUT2D eigenvalue weighted by atomic mass is 19.4. The third-order valence-corrected chi connectivity index (χ3v) is 2.85. The van der Waals surface area contributed by atoms with Crippen molar-refractivity contribution in [2.75, 3.05) is 0 Å². The van der Waals surface area contributed by atoms with Crippen molar-refractivity contribution in [1.29, 1.82) is 0 Å². The van der Waals surface area contributed by atoms with Crippen LogP contribution in [-0.4, -0.2) is 9.36 Å². The van der Waals surface area contributed by atoms with Gasteiger partial charge in [-0.25, -0.2) is 4.68 Å². The van der Waals surface area contributed by atoms with Crippen molar-refractivity contribution in [1.82, 2.24) is 9.36 Å². The number of halogens is 6. The molecule has 9 heteroatoms. The molecule has 0 aliphatic carbocycles. The first-order chi connectivity index (χ1) is 9.53. The number of aromatic nitrogens is 2. The zero-order valence-electron chi connectivity index (χ0n) is 10.5. The molecule has 0 bridgehead atoms. The smallest absolute Gasteiger partial charge is 0.276 e. The monoisotopic (exact) mass is 310 g/mol. The Hall–Kier alpha value is -2.19. The molecule has 3 nitrogen and oxygen atoms in total. The molecule has 21 heavy (non-hydrogen) atoms. The minimum absolute atomic E-state index is 0.257. The molecule has 0 radical (unpaired) electrons. The molecule has 0 N–H and O–H groups in total. The van der Waals surface area contributed by atoms with E-state index in [1.54, 1.807) is 0 Å². The predicted octanol–water partition coefficient (Wildman–Crippen LogP) is 3.21. The minimum Gasteiger partial charge on any atom is -0.276 e. The summed E-state index contributed by atoms with van der Waals surface area (Å²) in [4.78, 5) is 11.7. The number of alkyl halides is 6. The Labute approximate surface area is 114 Å². The zero-order chi connectivity index (χ0) is 16.0. The van der Waals surface area contributed by atoms with Crippen molar-refractivity contribution in [3.63, 3.8) is 0 Å². The van der Waals surface area contributed by atoms with Gasteiger partial charge in [-0.3, -0.25) is 9.48 Å². The van der Waals surface area contributed by atoms with Crippen LogP contribution in [0.25, 0.3) is 5.69 Å². The molecule has 2 rings (SSSR count). The van der Waals surface area contributed by atoms with E-state index >= 15 is 0 Å². The van der Waals surface area contributed by atoms with Crippen LogP contribution in [0.4, 0.5) is 26.3 Å². The van der Waals surface area contributed by atoms with E-state index in [4.69, 9.17) is 0 Å². The van der Waals surface area contributed by atoms with Crippen LogP contribution >= 0.6 is 0 Å². The summed E-state index contributed by atoms with van der Waals surface area (Å²) in [5, 5.41) is 0. The fraction of sp³-hybridized carbons (Fsp3) is 0.250. The quantitative estimate of drug-likeness (QED) is 0.743. The molecule has 1 heterocycles. The molecule has 1 aromatic carbocycles. The Morgan fingerprint density at radius 2 is 1.52 bits per heavy atom. The van der Waals surface area contributed by atoms with Crippen molar-refractivity contribution >= 4 is 0 Å². The van der Waals surface area contributed by atoms with E-state index in [1.165, 1.54) is 6.07 Å². The molecule has 0 fully saturated rings. The van der Waals surface area contributed by atoms with E-state index in [-0.39, 0.29) is 6.07 Å². The molecule has 0 atom stereocenters. The van der Waals surface area contributed by atoms with Crippen LogP contribution in [0.5, 0.6) is 0 Å². The number of hydrogen-bond donors (Lipinski definition) is 0. The standard InChI is InChI=1S/C12H8F6N2O/c1-19-9(12(16,17)18)6-10(21)20(19)8-5-3-2-4-7(8)11(13,14)15/h2-6H,1H3. The molecular formula is C12H8F6N2O. The number of nitrogens with zero attached hydrogens (tertiary/aromatic N) is 2. The largest absolute Gasteiger partial charge is 0.433 e. The van der Waals surface area contributed by atoms with Gasteiger partial charge in [0.25, 0.3) is 5.56 Å². The normalized spacial score (nSPS) is 12.7. The van der Waals surface area contributed by atoms with Gasteiger partial charge >= 0.3 is 12.4 Å². The Bertz CT molecular complexity index is 723. The lowest BCUT2D eigenvalue weighted by Gasteiger charge is -2.16. The zero-order valence-corrected chi connectivity index (χ0v) is 10.5. The van der Waals surface area contributed by atoms with E-state index in [1.807, 2.05) is 0 Å². The van der Waals surface area contributed by atoms with Crippen LogP contribution in [0.2, 0.25) is 0 Å². The van der Waals surface area contributed by atoms with Gasteiger partial charge in [-0.05, 0) is 12.1 Å². The molecule has 0 spiro atoms. The topological polar surface area (TPSA) is 26.9 Å². The van der Waals surface area contributed by atoms with Crippen LogP contribution in [-0.2, 0) is 19.4 Å². The van der Waals surface area contributed by atoms with Gasteiger partial charge in [0.1, 0.15) is 5.69 Å². The average Bonchev–Trinajstić information content (AvgIpc) is 2.63. The van der Waals surface area contributed by atoms with Crippen molar-refractivity contribution < 1.29 is 26.3 Å². The summed E-state index contributed by atoms with van der Waals surface area (Å²) < 4.78 is 77.5. The Morgan fingerprint density at radius 3 is 2.00 bits per heavy atom. The summed E-state index contributed by atoms with van der Waals surface area (Å²) >= 11 is 0. The summed E-state index contributed by atoms with van der Waals surface area (Å²) in [6.07, 6.45) is -9.63. The van der Waals surface area contributed by atoms with E-state index < -0.39 is 34.9 Å². The fourth-order valence-corrected chi connectivity index (χ4v) is 1.97. The maximum absolute atomic E-state index is 12.9. The summed E-state index contributed by atoms with van der Waals surface area (Å²) in [7, 11) is 0.872. The molecule has 0 unspecified atom stereocenters. The molecule has 0 aliphatic heterocycles. The van der Waals surface area contributed by atoms with Gasteiger partial charge < -0.3 is 0 Å². The molecule has 0 saturated carbocycles. The van der Waals surface area contributed by atoms with Crippen molar-refractivity contribution in [3.05, 3.63) is 51.9 Å². The number of hydrogen-bond acceptors (Lipinski definition) is 1. The summed E-state index contributed by atoms with van der Waals surface area (Å²) in [5.74, 6) is 0. The third-order valence-electron chi connectivity index (χ3n) is 2.85. The van der Waals surface area contributed by atoms with E-state index in [9.17, 15) is 31.1 Å². The van der Waals surface area contributed by atoms with Crippen molar-refractivity contribution in [2.24, 2.45) is 7.05 Å². The highest BCUT2D eigenvalue weighted by Gasteiger charge is 2.38. The molecule has 1 aromatic heterocycles. The maximum atomic E-state index is 12.9. The first kappa shape index (κ1) is 15.2. The van der Waals surface area contributed by atoms with E-state index in [0.717, 1.165) is 19.2 Å². The van der Waals surface area contributed by atoms with Gasteiger partial charge in [0, 0.05) is 13.1 Å². The highest BCUT2D eigenvalue weighted by molar-refractivity contribution is 5.42. The van der Waals surface area contributed by atoms with Gasteiger partial charge in [0.05, 0.1) is 11.3 Å².